The molecule has 0 spiro atoms. The number of amides is 1. The Kier molecular flexibility index (Phi) is 4.96. The second-order valence-electron chi connectivity index (χ2n) is 5.71. The third kappa shape index (κ3) is 3.55. The average Bonchev–Trinajstić information content (AvgIpc) is 2.60. The predicted octanol–water partition coefficient (Wildman–Crippen LogP) is 3.55. The summed E-state index contributed by atoms with van der Waals surface area (Å²) in [4.78, 5) is 18.7. The van der Waals surface area contributed by atoms with E-state index in [4.69, 9.17) is 0 Å². The van der Waals surface area contributed by atoms with Crippen LogP contribution in [0, 0.1) is 0 Å². The van der Waals surface area contributed by atoms with E-state index in [9.17, 15) is 4.79 Å². The number of nitrogens with one attached hydrogen (secondary N) is 1. The molecule has 0 fully saturated rings. The van der Waals surface area contributed by atoms with Gasteiger partial charge in [-0.2, -0.15) is 0 Å². The average molecular weight is 374 g/mol. The number of pyridine rings is 1. The van der Waals surface area contributed by atoms with Crippen LogP contribution >= 0.6 is 15.9 Å². The second-order valence-corrected chi connectivity index (χ2v) is 6.56. The molecule has 0 radical (unpaired) electrons. The Hall–Kier alpha value is -1.88. The number of aromatic nitrogens is 1. The number of carbonyl (C=O) groups is 1. The zero-order valence-corrected chi connectivity index (χ0v) is 14.8. The molecule has 1 aliphatic heterocycles. The summed E-state index contributed by atoms with van der Waals surface area (Å²) < 4.78 is 1.15. The number of benzene rings is 1. The highest BCUT2D eigenvalue weighted by atomic mass is 79.9. The molecular formula is C18H20BrN3O. The number of hydrogen-bond acceptors (Lipinski definition) is 3. The van der Waals surface area contributed by atoms with E-state index in [1.165, 1.54) is 11.1 Å². The van der Waals surface area contributed by atoms with Crippen LogP contribution in [0.4, 0.5) is 5.82 Å². The van der Waals surface area contributed by atoms with Crippen molar-refractivity contribution in [2.24, 2.45) is 0 Å². The highest BCUT2D eigenvalue weighted by Crippen LogP contribution is 2.28. The first kappa shape index (κ1) is 16.0. The molecule has 2 aromatic rings. The number of halogens is 1. The van der Waals surface area contributed by atoms with Crippen molar-refractivity contribution in [1.82, 2.24) is 10.3 Å². The fourth-order valence-electron chi connectivity index (χ4n) is 2.78. The number of fused-ring (bicyclic) bond motifs is 1. The van der Waals surface area contributed by atoms with Crippen molar-refractivity contribution >= 4 is 27.7 Å². The van der Waals surface area contributed by atoms with Crippen LogP contribution in [-0.4, -0.2) is 24.0 Å². The van der Waals surface area contributed by atoms with Gasteiger partial charge in [-0.25, -0.2) is 4.98 Å². The molecule has 1 N–H and O–H groups in total. The highest BCUT2D eigenvalue weighted by Gasteiger charge is 2.19. The van der Waals surface area contributed by atoms with Gasteiger partial charge in [-0.05, 0) is 42.2 Å². The smallest absolute Gasteiger partial charge is 0.252 e. The van der Waals surface area contributed by atoms with E-state index in [0.29, 0.717) is 12.1 Å². The third-order valence-corrected chi connectivity index (χ3v) is 4.83. The summed E-state index contributed by atoms with van der Waals surface area (Å²) in [6.07, 6.45) is 3.60. The van der Waals surface area contributed by atoms with E-state index in [1.807, 2.05) is 19.1 Å². The third-order valence-electron chi connectivity index (χ3n) is 4.09. The Labute approximate surface area is 145 Å². The van der Waals surface area contributed by atoms with Gasteiger partial charge in [0.2, 0.25) is 0 Å². The maximum Gasteiger partial charge on any atom is 0.252 e. The lowest BCUT2D eigenvalue weighted by Gasteiger charge is -2.30. The quantitative estimate of drug-likeness (QED) is 0.891. The van der Waals surface area contributed by atoms with Gasteiger partial charge in [0.05, 0.1) is 5.56 Å². The Bertz CT molecular complexity index is 700. The summed E-state index contributed by atoms with van der Waals surface area (Å²) >= 11 is 3.64. The number of rotatable bonds is 4. The Morgan fingerprint density at radius 2 is 2.22 bits per heavy atom. The molecule has 1 amide bonds. The molecule has 5 heteroatoms. The number of hydrogen-bond donors (Lipinski definition) is 1. The predicted molar refractivity (Wildman–Crippen MR) is 95.8 cm³/mol. The zero-order valence-electron chi connectivity index (χ0n) is 13.2. The summed E-state index contributed by atoms with van der Waals surface area (Å²) in [6.45, 7) is 4.51. The largest absolute Gasteiger partial charge is 0.352 e. The van der Waals surface area contributed by atoms with E-state index < -0.39 is 0 Å². The maximum atomic E-state index is 11.9. The minimum Gasteiger partial charge on any atom is -0.352 e. The summed E-state index contributed by atoms with van der Waals surface area (Å²) in [6, 6.07) is 10.1. The fraction of sp³-hybridized carbons (Fsp3) is 0.333. The molecule has 4 nitrogen and oxygen atoms in total. The second kappa shape index (κ2) is 7.13. The molecule has 2 heterocycles. The van der Waals surface area contributed by atoms with Gasteiger partial charge in [-0.1, -0.05) is 35.0 Å². The van der Waals surface area contributed by atoms with Gasteiger partial charge in [0.15, 0.2) is 0 Å². The molecule has 23 heavy (non-hydrogen) atoms. The molecule has 1 aliphatic rings. The lowest BCUT2D eigenvalue weighted by Crippen LogP contribution is -2.31. The Morgan fingerprint density at radius 1 is 1.35 bits per heavy atom. The first-order valence-electron chi connectivity index (χ1n) is 7.94. The fourth-order valence-corrected chi connectivity index (χ4v) is 3.32. The Balaban J connectivity index is 1.73. The van der Waals surface area contributed by atoms with Crippen LogP contribution in [0.25, 0.3) is 0 Å². The molecule has 3 rings (SSSR count). The van der Waals surface area contributed by atoms with Crippen LogP contribution in [0.5, 0.6) is 0 Å². The van der Waals surface area contributed by atoms with Crippen molar-refractivity contribution < 1.29 is 4.79 Å². The van der Waals surface area contributed by atoms with Gasteiger partial charge >= 0.3 is 0 Å². The van der Waals surface area contributed by atoms with Gasteiger partial charge in [0, 0.05) is 30.3 Å². The van der Waals surface area contributed by atoms with Crippen LogP contribution in [0.1, 0.15) is 34.8 Å². The van der Waals surface area contributed by atoms with Gasteiger partial charge in [0.1, 0.15) is 5.82 Å². The molecule has 0 aliphatic carbocycles. The molecule has 1 aromatic heterocycles. The maximum absolute atomic E-state index is 11.9. The summed E-state index contributed by atoms with van der Waals surface area (Å²) in [5.41, 5.74) is 3.33. The minimum absolute atomic E-state index is 0.0577. The zero-order chi connectivity index (χ0) is 16.2. The lowest BCUT2D eigenvalue weighted by molar-refractivity contribution is 0.0953. The van der Waals surface area contributed by atoms with Crippen molar-refractivity contribution in [3.8, 4) is 0 Å². The van der Waals surface area contributed by atoms with Crippen molar-refractivity contribution in [3.63, 3.8) is 0 Å². The van der Waals surface area contributed by atoms with Crippen LogP contribution in [0.2, 0.25) is 0 Å². The molecule has 0 saturated carbocycles. The summed E-state index contributed by atoms with van der Waals surface area (Å²) in [5.74, 6) is 0.857. The van der Waals surface area contributed by atoms with Gasteiger partial charge in [-0.15, -0.1) is 0 Å². The molecule has 0 atom stereocenters. The van der Waals surface area contributed by atoms with Gasteiger partial charge in [0.25, 0.3) is 5.91 Å². The van der Waals surface area contributed by atoms with Gasteiger partial charge in [-0.3, -0.25) is 4.79 Å². The van der Waals surface area contributed by atoms with Crippen molar-refractivity contribution in [1.29, 1.82) is 0 Å². The van der Waals surface area contributed by atoms with Crippen molar-refractivity contribution in [2.45, 2.75) is 26.3 Å². The minimum atomic E-state index is -0.0577. The standard InChI is InChI=1S/C18H20BrN3O/c1-2-9-20-18(23)14-6-7-17(21-11-14)22-10-8-13-4-3-5-16(19)15(13)12-22/h3-7,11H,2,8-10,12H2,1H3,(H,20,23). The first-order valence-corrected chi connectivity index (χ1v) is 8.74. The van der Waals surface area contributed by atoms with Crippen LogP contribution in [-0.2, 0) is 13.0 Å². The number of anilines is 1. The normalized spacial score (nSPS) is 13.6. The monoisotopic (exact) mass is 373 g/mol. The molecule has 0 bridgehead atoms. The van der Waals surface area contributed by atoms with Crippen LogP contribution in [0.15, 0.2) is 41.0 Å². The topological polar surface area (TPSA) is 45.2 Å². The summed E-state index contributed by atoms with van der Waals surface area (Å²) in [5, 5.41) is 2.87. The van der Waals surface area contributed by atoms with E-state index in [2.05, 4.69) is 49.3 Å². The SMILES string of the molecule is CCCNC(=O)c1ccc(N2CCc3cccc(Br)c3C2)nc1. The van der Waals surface area contributed by atoms with E-state index in [-0.39, 0.29) is 5.91 Å². The van der Waals surface area contributed by atoms with Crippen molar-refractivity contribution in [3.05, 3.63) is 57.7 Å². The van der Waals surface area contributed by atoms with E-state index in [1.54, 1.807) is 6.20 Å². The molecular weight excluding hydrogens is 354 g/mol. The van der Waals surface area contributed by atoms with Crippen LogP contribution < -0.4 is 10.2 Å². The molecule has 0 saturated heterocycles. The first-order chi connectivity index (χ1) is 11.2. The molecule has 0 unspecified atom stereocenters. The summed E-state index contributed by atoms with van der Waals surface area (Å²) in [7, 11) is 0. The number of nitrogens with zero attached hydrogens (tertiary/aromatic N) is 2. The van der Waals surface area contributed by atoms with E-state index in [0.717, 1.165) is 36.2 Å². The molecule has 1 aromatic carbocycles. The van der Waals surface area contributed by atoms with E-state index >= 15 is 0 Å². The van der Waals surface area contributed by atoms with Crippen LogP contribution in [0.3, 0.4) is 0 Å². The van der Waals surface area contributed by atoms with Gasteiger partial charge < -0.3 is 10.2 Å². The Morgan fingerprint density at radius 3 is 2.96 bits per heavy atom. The highest BCUT2D eigenvalue weighted by molar-refractivity contribution is 9.10. The lowest BCUT2D eigenvalue weighted by atomic mass is 10.00. The molecule has 120 valence electrons. The number of carbonyl (C=O) groups excluding carboxylic acids is 1. The van der Waals surface area contributed by atoms with Crippen molar-refractivity contribution in [2.75, 3.05) is 18.0 Å².